The molecule has 1 nitrogen and oxygen atoms in total. The van der Waals surface area contributed by atoms with Gasteiger partial charge in [-0.3, -0.25) is 0 Å². The van der Waals surface area contributed by atoms with Crippen LogP contribution in [-0.4, -0.2) is 14.6 Å². The lowest BCUT2D eigenvalue weighted by Crippen LogP contribution is -2.24. The third kappa shape index (κ3) is 4.76. The molecule has 0 heterocycles. The Morgan fingerprint density at radius 2 is 2.10 bits per heavy atom. The van der Waals surface area contributed by atoms with E-state index in [-0.39, 0.29) is 0 Å². The van der Waals surface area contributed by atoms with E-state index in [9.17, 15) is 0 Å². The van der Waals surface area contributed by atoms with Crippen LogP contribution in [-0.2, 0) is 0 Å². The highest BCUT2D eigenvalue weighted by molar-refractivity contribution is 6.77. The van der Waals surface area contributed by atoms with Gasteiger partial charge in [-0.15, -0.1) is 6.58 Å². The standard InChI is InChI=1S/C8H19NSi/c1-4-7-10(2,3)8-5-6-9/h4H,1,5-9H2,2-3H3. The SMILES string of the molecule is C=CC[Si](C)(C)CCCN. The molecule has 0 aromatic rings. The van der Waals surface area contributed by atoms with Gasteiger partial charge in [0.1, 0.15) is 0 Å². The zero-order valence-corrected chi connectivity index (χ0v) is 8.19. The van der Waals surface area contributed by atoms with Crippen molar-refractivity contribution in [2.75, 3.05) is 6.54 Å². The lowest BCUT2D eigenvalue weighted by Gasteiger charge is -2.19. The van der Waals surface area contributed by atoms with Gasteiger partial charge in [-0.2, -0.15) is 0 Å². The molecular formula is C8H19NSi. The number of hydrogen-bond donors (Lipinski definition) is 1. The molecule has 0 radical (unpaired) electrons. The van der Waals surface area contributed by atoms with Gasteiger partial charge in [0.2, 0.25) is 0 Å². The Morgan fingerprint density at radius 3 is 2.50 bits per heavy atom. The molecule has 0 amide bonds. The second-order valence-electron chi connectivity index (χ2n) is 3.55. The maximum absolute atomic E-state index is 5.43. The fourth-order valence-corrected chi connectivity index (χ4v) is 3.22. The quantitative estimate of drug-likeness (QED) is 0.480. The molecule has 10 heavy (non-hydrogen) atoms. The summed E-state index contributed by atoms with van der Waals surface area (Å²) in [6.07, 6.45) is 3.23. The summed E-state index contributed by atoms with van der Waals surface area (Å²) in [6, 6.07) is 2.57. The van der Waals surface area contributed by atoms with Gasteiger partial charge in [-0.25, -0.2) is 0 Å². The molecule has 0 aliphatic carbocycles. The third-order valence-electron chi connectivity index (χ3n) is 1.75. The number of rotatable bonds is 5. The van der Waals surface area contributed by atoms with Crippen LogP contribution in [0.1, 0.15) is 6.42 Å². The summed E-state index contributed by atoms with van der Waals surface area (Å²) in [5, 5.41) is 0. The Kier molecular flexibility index (Phi) is 4.65. The average molecular weight is 157 g/mol. The molecule has 0 rings (SSSR count). The number of hydrogen-bond acceptors (Lipinski definition) is 1. The van der Waals surface area contributed by atoms with Crippen LogP contribution in [0.25, 0.3) is 0 Å². The summed E-state index contributed by atoms with van der Waals surface area (Å²) < 4.78 is 0. The van der Waals surface area contributed by atoms with Crippen LogP contribution in [0.2, 0.25) is 25.2 Å². The number of allylic oxidation sites excluding steroid dienone is 1. The van der Waals surface area contributed by atoms with Crippen LogP contribution < -0.4 is 5.73 Å². The van der Waals surface area contributed by atoms with Crippen molar-refractivity contribution in [2.45, 2.75) is 31.6 Å². The van der Waals surface area contributed by atoms with Gasteiger partial charge in [0.15, 0.2) is 0 Å². The van der Waals surface area contributed by atoms with Crippen LogP contribution in [0, 0.1) is 0 Å². The van der Waals surface area contributed by atoms with E-state index in [1.165, 1.54) is 18.5 Å². The molecule has 0 aliphatic rings. The molecule has 0 aromatic carbocycles. The van der Waals surface area contributed by atoms with Crippen molar-refractivity contribution in [1.82, 2.24) is 0 Å². The minimum absolute atomic E-state index is 0.841. The molecule has 0 atom stereocenters. The molecule has 0 unspecified atom stereocenters. The monoisotopic (exact) mass is 157 g/mol. The summed E-state index contributed by atoms with van der Waals surface area (Å²) in [5.74, 6) is 0. The highest BCUT2D eigenvalue weighted by Crippen LogP contribution is 2.16. The predicted octanol–water partition coefficient (Wildman–Crippen LogP) is 2.23. The maximum Gasteiger partial charge on any atom is 0.0511 e. The van der Waals surface area contributed by atoms with Gasteiger partial charge in [0.05, 0.1) is 8.07 Å². The fourth-order valence-electron chi connectivity index (χ4n) is 1.07. The minimum Gasteiger partial charge on any atom is -0.330 e. The first-order chi connectivity index (χ1) is 4.62. The Hall–Kier alpha value is -0.0831. The Bertz CT molecular complexity index is 99.4. The van der Waals surface area contributed by atoms with Gasteiger partial charge in [-0.1, -0.05) is 25.2 Å². The van der Waals surface area contributed by atoms with Gasteiger partial charge in [0, 0.05) is 0 Å². The van der Waals surface area contributed by atoms with E-state index in [0.29, 0.717) is 0 Å². The summed E-state index contributed by atoms with van der Waals surface area (Å²) in [7, 11) is -0.922. The molecule has 60 valence electrons. The molecule has 2 heteroatoms. The Labute approximate surface area is 65.3 Å². The summed E-state index contributed by atoms with van der Waals surface area (Å²) in [5.41, 5.74) is 5.43. The second-order valence-corrected chi connectivity index (χ2v) is 8.79. The first kappa shape index (κ1) is 9.92. The maximum atomic E-state index is 5.43. The van der Waals surface area contributed by atoms with Crippen molar-refractivity contribution in [1.29, 1.82) is 0 Å². The van der Waals surface area contributed by atoms with Crippen molar-refractivity contribution in [3.05, 3.63) is 12.7 Å². The van der Waals surface area contributed by atoms with E-state index in [1.54, 1.807) is 0 Å². The lowest BCUT2D eigenvalue weighted by molar-refractivity contribution is 0.909. The van der Waals surface area contributed by atoms with Crippen molar-refractivity contribution < 1.29 is 0 Å². The van der Waals surface area contributed by atoms with Gasteiger partial charge in [0.25, 0.3) is 0 Å². The molecule has 0 saturated heterocycles. The molecule has 0 fully saturated rings. The highest BCUT2D eigenvalue weighted by atomic mass is 28.3. The lowest BCUT2D eigenvalue weighted by atomic mass is 10.5. The predicted molar refractivity (Wildman–Crippen MR) is 51.0 cm³/mol. The largest absolute Gasteiger partial charge is 0.330 e. The van der Waals surface area contributed by atoms with Gasteiger partial charge < -0.3 is 5.73 Å². The van der Waals surface area contributed by atoms with Crippen LogP contribution in [0.3, 0.4) is 0 Å². The van der Waals surface area contributed by atoms with E-state index in [2.05, 4.69) is 19.7 Å². The van der Waals surface area contributed by atoms with E-state index < -0.39 is 8.07 Å². The number of nitrogens with two attached hydrogens (primary N) is 1. The van der Waals surface area contributed by atoms with E-state index in [1.807, 2.05) is 6.08 Å². The van der Waals surface area contributed by atoms with Gasteiger partial charge >= 0.3 is 0 Å². The van der Waals surface area contributed by atoms with Crippen LogP contribution in [0.4, 0.5) is 0 Å². The first-order valence-electron chi connectivity index (χ1n) is 3.93. The third-order valence-corrected chi connectivity index (χ3v) is 4.86. The summed E-state index contributed by atoms with van der Waals surface area (Å²) in [6.45, 7) is 9.38. The van der Waals surface area contributed by atoms with Crippen LogP contribution in [0.15, 0.2) is 12.7 Å². The molecule has 0 aliphatic heterocycles. The van der Waals surface area contributed by atoms with Crippen molar-refractivity contribution in [3.8, 4) is 0 Å². The van der Waals surface area contributed by atoms with E-state index in [4.69, 9.17) is 5.73 Å². The molecule has 0 spiro atoms. The summed E-state index contributed by atoms with van der Waals surface area (Å²) >= 11 is 0. The topological polar surface area (TPSA) is 26.0 Å². The molecule has 0 aromatic heterocycles. The van der Waals surface area contributed by atoms with Crippen molar-refractivity contribution in [2.24, 2.45) is 5.73 Å². The van der Waals surface area contributed by atoms with Crippen molar-refractivity contribution in [3.63, 3.8) is 0 Å². The van der Waals surface area contributed by atoms with E-state index in [0.717, 1.165) is 6.54 Å². The van der Waals surface area contributed by atoms with E-state index >= 15 is 0 Å². The van der Waals surface area contributed by atoms with Gasteiger partial charge in [-0.05, 0) is 19.0 Å². The molecule has 2 N–H and O–H groups in total. The molecule has 0 saturated carbocycles. The average Bonchev–Trinajstić information content (AvgIpc) is 1.84. The van der Waals surface area contributed by atoms with Crippen molar-refractivity contribution >= 4 is 8.07 Å². The Balaban J connectivity index is 3.51. The normalized spacial score (nSPS) is 11.5. The minimum atomic E-state index is -0.922. The zero-order valence-electron chi connectivity index (χ0n) is 7.19. The molecule has 0 bridgehead atoms. The zero-order chi connectivity index (χ0) is 8.04. The van der Waals surface area contributed by atoms with Crippen LogP contribution >= 0.6 is 0 Å². The summed E-state index contributed by atoms with van der Waals surface area (Å²) in [4.78, 5) is 0. The fraction of sp³-hybridized carbons (Fsp3) is 0.750. The smallest absolute Gasteiger partial charge is 0.0511 e. The highest BCUT2D eigenvalue weighted by Gasteiger charge is 2.16. The van der Waals surface area contributed by atoms with Crippen LogP contribution in [0.5, 0.6) is 0 Å². The first-order valence-corrected chi connectivity index (χ1v) is 7.35. The molecular weight excluding hydrogens is 138 g/mol. The second kappa shape index (κ2) is 4.69. The Morgan fingerprint density at radius 1 is 1.50 bits per heavy atom.